The number of carbonyl (C=O) groups is 1. The largest absolute Gasteiger partial charge is 0.573 e. The van der Waals surface area contributed by atoms with Gasteiger partial charge in [0.2, 0.25) is 0 Å². The number of rotatable bonds is 8. The summed E-state index contributed by atoms with van der Waals surface area (Å²) in [5, 5.41) is 11.4. The number of H-pyrrole nitrogens is 1. The van der Waals surface area contributed by atoms with Crippen LogP contribution < -0.4 is 4.74 Å². The van der Waals surface area contributed by atoms with E-state index in [0.717, 1.165) is 29.7 Å². The minimum Gasteiger partial charge on any atom is -0.511 e. The van der Waals surface area contributed by atoms with Crippen molar-refractivity contribution in [1.29, 1.82) is 0 Å². The predicted octanol–water partition coefficient (Wildman–Crippen LogP) is 7.51. The van der Waals surface area contributed by atoms with Crippen molar-refractivity contribution < 1.29 is 27.8 Å². The molecule has 1 fully saturated rings. The number of Topliss-reactive ketones (excluding diaryl/α,β-unsaturated/α-hetero) is 1. The molecule has 0 aliphatic heterocycles. The van der Waals surface area contributed by atoms with E-state index in [1.54, 1.807) is 6.07 Å². The Morgan fingerprint density at radius 1 is 1.16 bits per heavy atom. The molecular formula is C29H31F3N2O3. The number of aryl methyl sites for hydroxylation is 1. The van der Waals surface area contributed by atoms with Crippen molar-refractivity contribution in [3.8, 4) is 5.75 Å². The normalized spacial score (nSPS) is 19.0. The number of aliphatic hydroxyl groups is 1. The van der Waals surface area contributed by atoms with Crippen LogP contribution >= 0.6 is 0 Å². The minimum atomic E-state index is -4.77. The van der Waals surface area contributed by atoms with Crippen LogP contribution in [0, 0.1) is 6.92 Å². The third-order valence-electron chi connectivity index (χ3n) is 6.75. The average molecular weight is 513 g/mol. The van der Waals surface area contributed by atoms with Crippen molar-refractivity contribution in [3.63, 3.8) is 0 Å². The molecule has 0 spiro atoms. The Morgan fingerprint density at radius 2 is 1.92 bits per heavy atom. The van der Waals surface area contributed by atoms with Gasteiger partial charge in [0, 0.05) is 41.7 Å². The lowest BCUT2D eigenvalue weighted by molar-refractivity contribution is -0.274. The molecular weight excluding hydrogens is 481 g/mol. The summed E-state index contributed by atoms with van der Waals surface area (Å²) in [6.07, 6.45) is -1.36. The molecule has 1 atom stereocenters. The molecule has 196 valence electrons. The fourth-order valence-corrected chi connectivity index (χ4v) is 4.98. The van der Waals surface area contributed by atoms with Gasteiger partial charge in [-0.15, -0.1) is 13.2 Å². The van der Waals surface area contributed by atoms with Gasteiger partial charge in [0.05, 0.1) is 5.57 Å². The highest BCUT2D eigenvalue weighted by atomic mass is 19.4. The summed E-state index contributed by atoms with van der Waals surface area (Å²) in [5.74, 6) is -0.313. The van der Waals surface area contributed by atoms with Gasteiger partial charge in [0.15, 0.2) is 5.78 Å². The molecule has 1 saturated carbocycles. The molecule has 1 aliphatic carbocycles. The minimum absolute atomic E-state index is 0.0212. The zero-order valence-electron chi connectivity index (χ0n) is 21.0. The third-order valence-corrected chi connectivity index (χ3v) is 6.75. The number of alkyl halides is 3. The molecule has 4 rings (SSSR count). The molecule has 5 nitrogen and oxygen atoms in total. The van der Waals surface area contributed by atoms with Gasteiger partial charge in [-0.1, -0.05) is 43.7 Å². The Hall–Kier alpha value is -3.55. The number of aliphatic hydroxyl groups excluding tert-OH is 1. The zero-order valence-corrected chi connectivity index (χ0v) is 21.0. The number of nitrogens with zero attached hydrogens (tertiary/aromatic N) is 1. The van der Waals surface area contributed by atoms with Gasteiger partial charge in [0.1, 0.15) is 11.5 Å². The van der Waals surface area contributed by atoms with Crippen molar-refractivity contribution in [1.82, 2.24) is 4.98 Å². The van der Waals surface area contributed by atoms with Gasteiger partial charge in [-0.25, -0.2) is 0 Å². The number of hydrogen-bond acceptors (Lipinski definition) is 4. The van der Waals surface area contributed by atoms with Gasteiger partial charge in [-0.3, -0.25) is 9.79 Å². The van der Waals surface area contributed by atoms with E-state index < -0.39 is 6.36 Å². The van der Waals surface area contributed by atoms with Crippen LogP contribution in [0.1, 0.15) is 61.8 Å². The summed E-state index contributed by atoms with van der Waals surface area (Å²) in [7, 11) is 0. The molecule has 2 aromatic carbocycles. The van der Waals surface area contributed by atoms with Gasteiger partial charge >= 0.3 is 6.36 Å². The van der Waals surface area contributed by atoms with Gasteiger partial charge in [-0.05, 0) is 61.4 Å². The first-order valence-corrected chi connectivity index (χ1v) is 12.6. The maximum atomic E-state index is 13.2. The van der Waals surface area contributed by atoms with Crippen LogP contribution in [0.2, 0.25) is 0 Å². The van der Waals surface area contributed by atoms with Gasteiger partial charge < -0.3 is 14.8 Å². The van der Waals surface area contributed by atoms with E-state index in [2.05, 4.69) is 9.72 Å². The van der Waals surface area contributed by atoms with Crippen LogP contribution in [-0.2, 0) is 11.2 Å². The van der Waals surface area contributed by atoms with E-state index in [9.17, 15) is 23.1 Å². The van der Waals surface area contributed by atoms with Crippen LogP contribution in [0.4, 0.5) is 13.2 Å². The second kappa shape index (κ2) is 11.2. The Morgan fingerprint density at radius 3 is 2.62 bits per heavy atom. The highest BCUT2D eigenvalue weighted by molar-refractivity contribution is 6.24. The topological polar surface area (TPSA) is 74.7 Å². The maximum absolute atomic E-state index is 13.2. The number of aromatic amines is 1. The second-order valence-corrected chi connectivity index (χ2v) is 9.43. The molecule has 3 aromatic rings. The molecule has 0 radical (unpaired) electrons. The van der Waals surface area contributed by atoms with Crippen molar-refractivity contribution in [2.24, 2.45) is 4.99 Å². The monoisotopic (exact) mass is 512 g/mol. The number of ether oxygens (including phenoxy) is 1. The molecule has 2 N–H and O–H groups in total. The summed E-state index contributed by atoms with van der Waals surface area (Å²) in [5.41, 5.74) is 4.37. The molecule has 0 saturated heterocycles. The van der Waals surface area contributed by atoms with E-state index in [4.69, 9.17) is 4.99 Å². The standard InChI is InChI=1S/C29H31F3N2O3/c1-3-4-10-26(35)28-25(15-20(16-27(28)36)19-8-6-5-7-9-19)33-14-13-22-18(2)34-24-12-11-21(17-23(22)24)37-29(30,31)32/h5-9,11-12,17,20,34-35H,3-4,10,13-16H2,1-2H3/t20-/m1/s1. The Bertz CT molecular complexity index is 1320. The fourth-order valence-electron chi connectivity index (χ4n) is 4.98. The number of hydrogen-bond donors (Lipinski definition) is 2. The number of benzene rings is 2. The molecule has 0 bridgehead atoms. The molecule has 0 unspecified atom stereocenters. The number of carbonyl (C=O) groups excluding carboxylic acids is 1. The number of allylic oxidation sites excluding steroid dienone is 2. The van der Waals surface area contributed by atoms with E-state index in [1.165, 1.54) is 12.1 Å². The number of aromatic nitrogens is 1. The Kier molecular flexibility index (Phi) is 8.05. The molecule has 1 aromatic heterocycles. The van der Waals surface area contributed by atoms with Crippen LogP contribution in [0.15, 0.2) is 64.9 Å². The van der Waals surface area contributed by atoms with Crippen molar-refractivity contribution >= 4 is 22.4 Å². The summed E-state index contributed by atoms with van der Waals surface area (Å²) >= 11 is 0. The average Bonchev–Trinajstić information content (AvgIpc) is 3.16. The lowest BCUT2D eigenvalue weighted by Crippen LogP contribution is -2.27. The van der Waals surface area contributed by atoms with Crippen molar-refractivity contribution in [3.05, 3.63) is 76.7 Å². The van der Waals surface area contributed by atoms with Gasteiger partial charge in [-0.2, -0.15) is 0 Å². The zero-order chi connectivity index (χ0) is 26.6. The SMILES string of the molecule is CCCCC(O)=C1C(=O)C[C@H](c2ccccc2)CC1=NCCc1c(C)[nH]c2ccc(OC(F)(F)F)cc12. The van der Waals surface area contributed by atoms with Crippen LogP contribution in [0.3, 0.4) is 0 Å². The number of halogens is 3. The van der Waals surface area contributed by atoms with Crippen LogP contribution in [0.5, 0.6) is 5.75 Å². The molecule has 1 heterocycles. The van der Waals surface area contributed by atoms with E-state index >= 15 is 0 Å². The third kappa shape index (κ3) is 6.42. The highest BCUT2D eigenvalue weighted by Gasteiger charge is 2.33. The van der Waals surface area contributed by atoms with E-state index in [1.807, 2.05) is 44.2 Å². The Labute approximate surface area is 214 Å². The Balaban J connectivity index is 1.62. The second-order valence-electron chi connectivity index (χ2n) is 9.43. The first-order chi connectivity index (χ1) is 17.7. The number of ketones is 1. The van der Waals surface area contributed by atoms with Crippen molar-refractivity contribution in [2.75, 3.05) is 6.54 Å². The summed E-state index contributed by atoms with van der Waals surface area (Å²) in [6.45, 7) is 4.22. The first-order valence-electron chi connectivity index (χ1n) is 12.6. The van der Waals surface area contributed by atoms with E-state index in [0.29, 0.717) is 54.4 Å². The van der Waals surface area contributed by atoms with Crippen molar-refractivity contribution in [2.45, 2.75) is 64.7 Å². The molecule has 37 heavy (non-hydrogen) atoms. The lowest BCUT2D eigenvalue weighted by Gasteiger charge is -2.26. The molecule has 1 aliphatic rings. The predicted molar refractivity (Wildman–Crippen MR) is 138 cm³/mol. The highest BCUT2D eigenvalue weighted by Crippen LogP contribution is 2.34. The lowest BCUT2D eigenvalue weighted by atomic mass is 9.78. The quantitative estimate of drug-likeness (QED) is 0.242. The van der Waals surface area contributed by atoms with Crippen LogP contribution in [-0.4, -0.2) is 34.5 Å². The first kappa shape index (κ1) is 26.5. The number of fused-ring (bicyclic) bond motifs is 1. The summed E-state index contributed by atoms with van der Waals surface area (Å²) in [4.78, 5) is 21.1. The summed E-state index contributed by atoms with van der Waals surface area (Å²) in [6, 6.07) is 14.0. The maximum Gasteiger partial charge on any atom is 0.573 e. The number of aliphatic imine (C=N–C) groups is 1. The fraction of sp³-hybridized carbons (Fsp3) is 0.379. The van der Waals surface area contributed by atoms with E-state index in [-0.39, 0.29) is 23.2 Å². The smallest absolute Gasteiger partial charge is 0.511 e. The number of nitrogens with one attached hydrogen (secondary N) is 1. The molecule has 0 amide bonds. The summed E-state index contributed by atoms with van der Waals surface area (Å²) < 4.78 is 42.3. The van der Waals surface area contributed by atoms with Gasteiger partial charge in [0.25, 0.3) is 0 Å². The van der Waals surface area contributed by atoms with Crippen LogP contribution in [0.25, 0.3) is 10.9 Å². The number of unbranched alkanes of at least 4 members (excludes halogenated alkanes) is 1. The molecule has 8 heteroatoms.